The lowest BCUT2D eigenvalue weighted by Gasteiger charge is -2.05. The van der Waals surface area contributed by atoms with E-state index in [1.807, 2.05) is 24.4 Å². The molecule has 0 aliphatic carbocycles. The molecule has 1 amide bonds. The number of thiazole rings is 1. The highest BCUT2D eigenvalue weighted by Gasteiger charge is 2.17. The summed E-state index contributed by atoms with van der Waals surface area (Å²) in [6.45, 7) is 2.65. The van der Waals surface area contributed by atoms with E-state index in [0.29, 0.717) is 11.4 Å². The fourth-order valence-electron chi connectivity index (χ4n) is 1.75. The van der Waals surface area contributed by atoms with Gasteiger partial charge in [0, 0.05) is 19.0 Å². The maximum absolute atomic E-state index is 12.2. The van der Waals surface area contributed by atoms with Crippen LogP contribution in [0.1, 0.15) is 27.0 Å². The molecule has 2 aromatic heterocycles. The predicted molar refractivity (Wildman–Crippen MR) is 85.7 cm³/mol. The minimum absolute atomic E-state index is 0.163. The van der Waals surface area contributed by atoms with E-state index in [9.17, 15) is 4.79 Å². The standard InChI is InChI=1S/C13H18N4OS2/c1-4-8-5-6-19-9(8)7-15-12(18)10-11(14)16-13(20-10)17(2)3/h5-6H,4,7,14H2,1-3H3,(H,15,18). The molecule has 0 saturated heterocycles. The number of nitrogen functional groups attached to an aromatic ring is 1. The molecule has 0 aliphatic heterocycles. The van der Waals surface area contributed by atoms with Crippen molar-refractivity contribution in [2.24, 2.45) is 0 Å². The molecule has 2 aromatic rings. The van der Waals surface area contributed by atoms with E-state index in [1.54, 1.807) is 11.3 Å². The topological polar surface area (TPSA) is 71.2 Å². The summed E-state index contributed by atoms with van der Waals surface area (Å²) in [5.74, 6) is 0.127. The first-order valence-electron chi connectivity index (χ1n) is 6.30. The molecule has 2 rings (SSSR count). The molecule has 0 fully saturated rings. The highest BCUT2D eigenvalue weighted by molar-refractivity contribution is 7.18. The van der Waals surface area contributed by atoms with Crippen LogP contribution in [-0.4, -0.2) is 25.0 Å². The monoisotopic (exact) mass is 310 g/mol. The smallest absolute Gasteiger partial charge is 0.265 e. The van der Waals surface area contributed by atoms with Crippen LogP contribution in [-0.2, 0) is 13.0 Å². The van der Waals surface area contributed by atoms with E-state index >= 15 is 0 Å². The molecule has 0 saturated carbocycles. The van der Waals surface area contributed by atoms with E-state index < -0.39 is 0 Å². The van der Waals surface area contributed by atoms with Gasteiger partial charge in [-0.2, -0.15) is 0 Å². The fraction of sp³-hybridized carbons (Fsp3) is 0.385. The number of nitrogens with two attached hydrogens (primary N) is 1. The number of carbonyl (C=O) groups is 1. The average Bonchev–Trinajstić information content (AvgIpc) is 3.01. The molecule has 2 heterocycles. The minimum atomic E-state index is -0.163. The average molecular weight is 310 g/mol. The lowest BCUT2D eigenvalue weighted by atomic mass is 10.2. The highest BCUT2D eigenvalue weighted by Crippen LogP contribution is 2.26. The molecule has 20 heavy (non-hydrogen) atoms. The Labute approximate surface area is 126 Å². The summed E-state index contributed by atoms with van der Waals surface area (Å²) >= 11 is 2.96. The molecule has 0 aliphatic rings. The summed E-state index contributed by atoms with van der Waals surface area (Å²) < 4.78 is 0. The van der Waals surface area contributed by atoms with Crippen LogP contribution in [0.5, 0.6) is 0 Å². The van der Waals surface area contributed by atoms with Crippen LogP contribution in [0.3, 0.4) is 0 Å². The van der Waals surface area contributed by atoms with Gasteiger partial charge in [0.25, 0.3) is 5.91 Å². The van der Waals surface area contributed by atoms with Crippen LogP contribution in [0.25, 0.3) is 0 Å². The Kier molecular flexibility index (Phi) is 4.61. The summed E-state index contributed by atoms with van der Waals surface area (Å²) in [5, 5.41) is 5.69. The number of aromatic nitrogens is 1. The first-order valence-corrected chi connectivity index (χ1v) is 7.99. The molecular formula is C13H18N4OS2. The van der Waals surface area contributed by atoms with Crippen molar-refractivity contribution in [2.75, 3.05) is 24.7 Å². The first kappa shape index (κ1) is 14.8. The Bertz CT molecular complexity index is 603. The SMILES string of the molecule is CCc1ccsc1CNC(=O)c1sc(N(C)C)nc1N. The molecule has 7 heteroatoms. The molecule has 3 N–H and O–H groups in total. The molecule has 0 aromatic carbocycles. The summed E-state index contributed by atoms with van der Waals surface area (Å²) in [7, 11) is 3.75. The molecule has 5 nitrogen and oxygen atoms in total. The molecule has 108 valence electrons. The van der Waals surface area contributed by atoms with Crippen molar-refractivity contribution in [3.05, 3.63) is 26.8 Å². The second-order valence-corrected chi connectivity index (χ2v) is 6.49. The Morgan fingerprint density at radius 3 is 2.85 bits per heavy atom. The third kappa shape index (κ3) is 3.10. The maximum Gasteiger partial charge on any atom is 0.265 e. The number of rotatable bonds is 5. The van der Waals surface area contributed by atoms with Crippen LogP contribution in [0.15, 0.2) is 11.4 Å². The summed E-state index contributed by atoms with van der Waals surface area (Å²) in [6, 6.07) is 2.09. The van der Waals surface area contributed by atoms with Gasteiger partial charge < -0.3 is 16.0 Å². The van der Waals surface area contributed by atoms with Gasteiger partial charge in [0.15, 0.2) is 5.13 Å². The fourth-order valence-corrected chi connectivity index (χ4v) is 3.49. The van der Waals surface area contributed by atoms with Gasteiger partial charge in [0.1, 0.15) is 10.7 Å². The quantitative estimate of drug-likeness (QED) is 0.889. The number of anilines is 2. The Hall–Kier alpha value is -1.60. The van der Waals surface area contributed by atoms with Crippen LogP contribution < -0.4 is 16.0 Å². The number of nitrogens with zero attached hydrogens (tertiary/aromatic N) is 2. The van der Waals surface area contributed by atoms with Gasteiger partial charge in [-0.05, 0) is 23.4 Å². The number of aryl methyl sites for hydroxylation is 1. The van der Waals surface area contributed by atoms with Gasteiger partial charge in [0.05, 0.1) is 6.54 Å². The minimum Gasteiger partial charge on any atom is -0.382 e. The number of hydrogen-bond donors (Lipinski definition) is 2. The van der Waals surface area contributed by atoms with Gasteiger partial charge in [-0.3, -0.25) is 4.79 Å². The van der Waals surface area contributed by atoms with E-state index in [2.05, 4.69) is 23.3 Å². The molecule has 0 spiro atoms. The molecule has 0 atom stereocenters. The second-order valence-electron chi connectivity index (χ2n) is 4.51. The van der Waals surface area contributed by atoms with Gasteiger partial charge in [0.2, 0.25) is 0 Å². The summed E-state index contributed by atoms with van der Waals surface area (Å²) in [5.41, 5.74) is 7.08. The third-order valence-corrected chi connectivity index (χ3v) is 5.06. The van der Waals surface area contributed by atoms with Gasteiger partial charge >= 0.3 is 0 Å². The van der Waals surface area contributed by atoms with E-state index in [4.69, 9.17) is 5.73 Å². The molecule has 0 unspecified atom stereocenters. The predicted octanol–water partition coefficient (Wildman–Crippen LogP) is 2.35. The van der Waals surface area contributed by atoms with Gasteiger partial charge in [-0.25, -0.2) is 4.98 Å². The molecule has 0 bridgehead atoms. The normalized spacial score (nSPS) is 10.6. The first-order chi connectivity index (χ1) is 9.52. The molecule has 0 radical (unpaired) electrons. The zero-order chi connectivity index (χ0) is 14.7. The van der Waals surface area contributed by atoms with Crippen molar-refractivity contribution < 1.29 is 4.79 Å². The Morgan fingerprint density at radius 2 is 2.25 bits per heavy atom. The Balaban J connectivity index is 2.05. The maximum atomic E-state index is 12.2. The van der Waals surface area contributed by atoms with Crippen molar-refractivity contribution in [1.29, 1.82) is 0 Å². The van der Waals surface area contributed by atoms with Crippen molar-refractivity contribution in [3.63, 3.8) is 0 Å². The zero-order valence-electron chi connectivity index (χ0n) is 11.8. The number of amides is 1. The van der Waals surface area contributed by atoms with Crippen LogP contribution in [0.2, 0.25) is 0 Å². The van der Waals surface area contributed by atoms with Gasteiger partial charge in [-0.15, -0.1) is 11.3 Å². The van der Waals surface area contributed by atoms with Crippen LogP contribution in [0.4, 0.5) is 10.9 Å². The van der Waals surface area contributed by atoms with Crippen molar-refractivity contribution in [3.8, 4) is 0 Å². The van der Waals surface area contributed by atoms with Crippen LogP contribution in [0, 0.1) is 0 Å². The number of hydrogen-bond acceptors (Lipinski definition) is 6. The van der Waals surface area contributed by atoms with Gasteiger partial charge in [-0.1, -0.05) is 18.3 Å². The zero-order valence-corrected chi connectivity index (χ0v) is 13.4. The highest BCUT2D eigenvalue weighted by atomic mass is 32.1. The van der Waals surface area contributed by atoms with Crippen molar-refractivity contribution in [1.82, 2.24) is 10.3 Å². The largest absolute Gasteiger partial charge is 0.382 e. The van der Waals surface area contributed by atoms with Crippen LogP contribution >= 0.6 is 22.7 Å². The number of carbonyl (C=O) groups excluding carboxylic acids is 1. The van der Waals surface area contributed by atoms with E-state index in [1.165, 1.54) is 21.8 Å². The van der Waals surface area contributed by atoms with Crippen molar-refractivity contribution in [2.45, 2.75) is 19.9 Å². The molecular weight excluding hydrogens is 292 g/mol. The number of thiophene rings is 1. The second kappa shape index (κ2) is 6.23. The lowest BCUT2D eigenvalue weighted by molar-refractivity contribution is 0.0956. The third-order valence-electron chi connectivity index (χ3n) is 2.86. The number of nitrogens with one attached hydrogen (secondary N) is 1. The van der Waals surface area contributed by atoms with E-state index in [-0.39, 0.29) is 11.7 Å². The summed E-state index contributed by atoms with van der Waals surface area (Å²) in [6.07, 6.45) is 0.974. The Morgan fingerprint density at radius 1 is 1.50 bits per heavy atom. The summed E-state index contributed by atoms with van der Waals surface area (Å²) in [4.78, 5) is 19.8. The van der Waals surface area contributed by atoms with E-state index in [0.717, 1.165) is 11.6 Å². The lowest BCUT2D eigenvalue weighted by Crippen LogP contribution is -2.22. The van der Waals surface area contributed by atoms with Crippen molar-refractivity contribution >= 4 is 39.5 Å².